The maximum atomic E-state index is 11.8. The fraction of sp³-hybridized carbons (Fsp3) is 0.533. The summed E-state index contributed by atoms with van der Waals surface area (Å²) in [5.41, 5.74) is 0.569. The van der Waals surface area contributed by atoms with E-state index in [0.717, 1.165) is 12.2 Å². The van der Waals surface area contributed by atoms with Gasteiger partial charge in [0.1, 0.15) is 5.75 Å². The van der Waals surface area contributed by atoms with E-state index in [1.165, 1.54) is 0 Å². The van der Waals surface area contributed by atoms with Crippen LogP contribution in [0, 0.1) is 0 Å². The van der Waals surface area contributed by atoms with E-state index in [1.807, 2.05) is 20.8 Å². The zero-order valence-electron chi connectivity index (χ0n) is 11.8. The molecule has 1 atom stereocenters. The van der Waals surface area contributed by atoms with E-state index in [1.54, 1.807) is 24.3 Å². The molecule has 0 heterocycles. The minimum absolute atomic E-state index is 0.115. The van der Waals surface area contributed by atoms with Crippen molar-refractivity contribution in [2.45, 2.75) is 45.8 Å². The van der Waals surface area contributed by atoms with Crippen molar-refractivity contribution in [1.82, 2.24) is 5.32 Å². The summed E-state index contributed by atoms with van der Waals surface area (Å²) in [6.07, 6.45) is 1.24. The van der Waals surface area contributed by atoms with Crippen LogP contribution in [0.2, 0.25) is 0 Å². The van der Waals surface area contributed by atoms with Gasteiger partial charge in [-0.05, 0) is 44.5 Å². The number of aliphatic hydroxyl groups is 1. The van der Waals surface area contributed by atoms with Gasteiger partial charge in [0.2, 0.25) is 0 Å². The number of amides is 1. The molecule has 0 saturated heterocycles. The number of benzene rings is 1. The van der Waals surface area contributed by atoms with Gasteiger partial charge in [-0.15, -0.1) is 0 Å². The zero-order chi connectivity index (χ0) is 14.3. The first-order valence-corrected chi connectivity index (χ1v) is 6.76. The number of hydrogen-bond acceptors (Lipinski definition) is 3. The Bertz CT molecular complexity index is 387. The van der Waals surface area contributed by atoms with Gasteiger partial charge in [-0.1, -0.05) is 13.3 Å². The lowest BCUT2D eigenvalue weighted by molar-refractivity contribution is 0.0910. The van der Waals surface area contributed by atoms with Gasteiger partial charge in [0.15, 0.2) is 0 Å². The minimum Gasteiger partial charge on any atom is -0.491 e. The standard InChI is InChI=1S/C15H23NO3/c1-4-5-13(17)10-16-15(18)12-6-8-14(9-7-12)19-11(2)3/h6-9,11,13,17H,4-5,10H2,1-3H3,(H,16,18). The Hall–Kier alpha value is -1.55. The Labute approximate surface area is 114 Å². The van der Waals surface area contributed by atoms with Crippen molar-refractivity contribution in [1.29, 1.82) is 0 Å². The van der Waals surface area contributed by atoms with Crippen molar-refractivity contribution >= 4 is 5.91 Å². The van der Waals surface area contributed by atoms with Crippen LogP contribution in [0.4, 0.5) is 0 Å². The van der Waals surface area contributed by atoms with E-state index in [0.29, 0.717) is 12.0 Å². The molecule has 0 fully saturated rings. The van der Waals surface area contributed by atoms with E-state index in [4.69, 9.17) is 4.74 Å². The first kappa shape index (κ1) is 15.5. The molecule has 0 spiro atoms. The Morgan fingerprint density at radius 1 is 1.32 bits per heavy atom. The van der Waals surface area contributed by atoms with Gasteiger partial charge in [0.05, 0.1) is 12.2 Å². The molecule has 19 heavy (non-hydrogen) atoms. The molecule has 1 aromatic carbocycles. The van der Waals surface area contributed by atoms with Crippen molar-refractivity contribution in [3.8, 4) is 5.75 Å². The van der Waals surface area contributed by atoms with Crippen molar-refractivity contribution in [2.24, 2.45) is 0 Å². The van der Waals surface area contributed by atoms with Gasteiger partial charge in [0.25, 0.3) is 5.91 Å². The molecule has 0 aromatic heterocycles. The number of ether oxygens (including phenoxy) is 1. The predicted octanol–water partition coefficient (Wildman–Crippen LogP) is 2.36. The van der Waals surface area contributed by atoms with Gasteiger partial charge in [0, 0.05) is 12.1 Å². The van der Waals surface area contributed by atoms with Gasteiger partial charge in [-0.2, -0.15) is 0 Å². The molecule has 1 amide bonds. The molecule has 0 aliphatic heterocycles. The second-order valence-electron chi connectivity index (χ2n) is 4.84. The van der Waals surface area contributed by atoms with E-state index < -0.39 is 6.10 Å². The first-order chi connectivity index (χ1) is 9.02. The number of carbonyl (C=O) groups is 1. The van der Waals surface area contributed by atoms with E-state index in [2.05, 4.69) is 5.32 Å². The summed E-state index contributed by atoms with van der Waals surface area (Å²) in [6, 6.07) is 6.99. The summed E-state index contributed by atoms with van der Waals surface area (Å²) >= 11 is 0. The summed E-state index contributed by atoms with van der Waals surface area (Å²) in [4.78, 5) is 11.8. The van der Waals surface area contributed by atoms with Crippen LogP contribution >= 0.6 is 0 Å². The number of aliphatic hydroxyl groups excluding tert-OH is 1. The third-order valence-electron chi connectivity index (χ3n) is 2.61. The van der Waals surface area contributed by atoms with E-state index in [9.17, 15) is 9.90 Å². The van der Waals surface area contributed by atoms with Gasteiger partial charge in [-0.25, -0.2) is 0 Å². The molecule has 0 aliphatic carbocycles. The summed E-state index contributed by atoms with van der Waals surface area (Å²) in [6.45, 7) is 6.20. The highest BCUT2D eigenvalue weighted by molar-refractivity contribution is 5.94. The fourth-order valence-corrected chi connectivity index (χ4v) is 1.70. The molecule has 1 rings (SSSR count). The average molecular weight is 265 g/mol. The molecule has 0 saturated carbocycles. The van der Waals surface area contributed by atoms with Crippen molar-refractivity contribution in [3.63, 3.8) is 0 Å². The number of rotatable bonds is 7. The van der Waals surface area contributed by atoms with Crippen LogP contribution in [0.3, 0.4) is 0 Å². The molecule has 1 aromatic rings. The molecule has 4 nitrogen and oxygen atoms in total. The second kappa shape index (κ2) is 7.79. The van der Waals surface area contributed by atoms with Crippen molar-refractivity contribution in [3.05, 3.63) is 29.8 Å². The zero-order valence-corrected chi connectivity index (χ0v) is 11.8. The number of hydrogen-bond donors (Lipinski definition) is 2. The normalized spacial score (nSPS) is 12.3. The molecule has 4 heteroatoms. The Morgan fingerprint density at radius 3 is 2.47 bits per heavy atom. The van der Waals surface area contributed by atoms with Crippen molar-refractivity contribution < 1.29 is 14.6 Å². The maximum absolute atomic E-state index is 11.8. The summed E-state index contributed by atoms with van der Waals surface area (Å²) in [5.74, 6) is 0.573. The molecule has 0 radical (unpaired) electrons. The Morgan fingerprint density at radius 2 is 1.95 bits per heavy atom. The van der Waals surface area contributed by atoms with Crippen molar-refractivity contribution in [2.75, 3.05) is 6.54 Å². The van der Waals surface area contributed by atoms with Gasteiger partial charge < -0.3 is 15.2 Å². The summed E-state index contributed by atoms with van der Waals surface area (Å²) in [7, 11) is 0. The van der Waals surface area contributed by atoms with Crippen LogP contribution in [-0.2, 0) is 0 Å². The molecule has 1 unspecified atom stereocenters. The molecular weight excluding hydrogens is 242 g/mol. The lowest BCUT2D eigenvalue weighted by Gasteiger charge is -2.12. The van der Waals surface area contributed by atoms with Crippen LogP contribution in [0.25, 0.3) is 0 Å². The summed E-state index contributed by atoms with van der Waals surface area (Å²) < 4.78 is 5.51. The van der Waals surface area contributed by atoms with Gasteiger partial charge >= 0.3 is 0 Å². The van der Waals surface area contributed by atoms with E-state index >= 15 is 0 Å². The average Bonchev–Trinajstić information content (AvgIpc) is 2.36. The molecule has 0 aliphatic rings. The van der Waals surface area contributed by atoms with Crippen LogP contribution in [0.1, 0.15) is 44.0 Å². The van der Waals surface area contributed by atoms with Crippen LogP contribution in [0.5, 0.6) is 5.75 Å². The first-order valence-electron chi connectivity index (χ1n) is 6.76. The maximum Gasteiger partial charge on any atom is 0.251 e. The number of nitrogens with one attached hydrogen (secondary N) is 1. The van der Waals surface area contributed by atoms with Gasteiger partial charge in [-0.3, -0.25) is 4.79 Å². The van der Waals surface area contributed by atoms with E-state index in [-0.39, 0.29) is 18.6 Å². The minimum atomic E-state index is -0.475. The predicted molar refractivity (Wildman–Crippen MR) is 75.5 cm³/mol. The highest BCUT2D eigenvalue weighted by Gasteiger charge is 2.08. The fourth-order valence-electron chi connectivity index (χ4n) is 1.70. The van der Waals surface area contributed by atoms with Crippen LogP contribution in [-0.4, -0.2) is 29.8 Å². The Kier molecular flexibility index (Phi) is 6.36. The third-order valence-corrected chi connectivity index (χ3v) is 2.61. The van der Waals surface area contributed by atoms with Crippen LogP contribution in [0.15, 0.2) is 24.3 Å². The molecular formula is C15H23NO3. The molecule has 106 valence electrons. The quantitative estimate of drug-likeness (QED) is 0.795. The lowest BCUT2D eigenvalue weighted by Crippen LogP contribution is -2.31. The number of carbonyl (C=O) groups excluding carboxylic acids is 1. The SMILES string of the molecule is CCCC(O)CNC(=O)c1ccc(OC(C)C)cc1. The highest BCUT2D eigenvalue weighted by atomic mass is 16.5. The lowest BCUT2D eigenvalue weighted by atomic mass is 10.2. The largest absolute Gasteiger partial charge is 0.491 e. The monoisotopic (exact) mass is 265 g/mol. The highest BCUT2D eigenvalue weighted by Crippen LogP contribution is 2.13. The molecule has 0 bridgehead atoms. The third kappa shape index (κ3) is 5.75. The summed E-state index contributed by atoms with van der Waals surface area (Å²) in [5, 5.41) is 12.3. The second-order valence-corrected chi connectivity index (χ2v) is 4.84. The topological polar surface area (TPSA) is 58.6 Å². The molecule has 2 N–H and O–H groups in total. The van der Waals surface area contributed by atoms with Crippen LogP contribution < -0.4 is 10.1 Å². The smallest absolute Gasteiger partial charge is 0.251 e. The Balaban J connectivity index is 2.48.